The molecule has 0 fully saturated rings. The maximum Gasteiger partial charge on any atom is 0.118 e. The van der Waals surface area contributed by atoms with Crippen molar-refractivity contribution in [2.24, 2.45) is 0 Å². The first-order chi connectivity index (χ1) is 9.22. The van der Waals surface area contributed by atoms with Gasteiger partial charge in [0.2, 0.25) is 0 Å². The van der Waals surface area contributed by atoms with Crippen molar-refractivity contribution in [3.8, 4) is 24.0 Å². The monoisotopic (exact) mass is 253 g/mol. The van der Waals surface area contributed by atoms with Gasteiger partial charge in [0.15, 0.2) is 0 Å². The van der Waals surface area contributed by atoms with Crippen LogP contribution in [-0.4, -0.2) is 7.11 Å². The average molecular weight is 253 g/mol. The maximum absolute atomic E-state index is 9.51. The Morgan fingerprint density at radius 2 is 1.53 bits per heavy atom. The maximum atomic E-state index is 9.51. The zero-order valence-electron chi connectivity index (χ0n) is 10.9. The van der Waals surface area contributed by atoms with Crippen molar-refractivity contribution in [1.82, 2.24) is 0 Å². The molecule has 0 atom stereocenters. The molecule has 0 N–H and O–H groups in total. The number of hydrogen-bond donors (Lipinski definition) is 0. The molecule has 0 aliphatic heterocycles. The third kappa shape index (κ3) is 3.47. The Balaban J connectivity index is 3.09. The molecule has 0 saturated carbocycles. The van der Waals surface area contributed by atoms with Gasteiger partial charge in [0, 0.05) is 12.8 Å². The number of nitriles is 3. The van der Waals surface area contributed by atoms with Crippen LogP contribution in [0.2, 0.25) is 0 Å². The second-order valence-electron chi connectivity index (χ2n) is 4.24. The molecule has 0 spiro atoms. The summed E-state index contributed by atoms with van der Waals surface area (Å²) in [7, 11) is 1.58. The molecule has 0 radical (unpaired) electrons. The lowest BCUT2D eigenvalue weighted by Crippen LogP contribution is -2.24. The first-order valence-corrected chi connectivity index (χ1v) is 6.02. The van der Waals surface area contributed by atoms with Crippen LogP contribution in [0.15, 0.2) is 24.3 Å². The van der Waals surface area contributed by atoms with Crippen LogP contribution in [0.4, 0.5) is 0 Å². The van der Waals surface area contributed by atoms with E-state index in [9.17, 15) is 5.26 Å². The van der Waals surface area contributed by atoms with Crippen molar-refractivity contribution < 1.29 is 4.74 Å². The predicted octanol–water partition coefficient (Wildman–Crippen LogP) is 3.06. The third-order valence-electron chi connectivity index (χ3n) is 3.18. The minimum Gasteiger partial charge on any atom is -0.497 e. The molecule has 19 heavy (non-hydrogen) atoms. The highest BCUT2D eigenvalue weighted by molar-refractivity contribution is 5.37. The number of benzene rings is 1. The summed E-state index contributed by atoms with van der Waals surface area (Å²) in [5.74, 6) is 0.719. The molecule has 0 bridgehead atoms. The number of hydrogen-bond acceptors (Lipinski definition) is 4. The summed E-state index contributed by atoms with van der Waals surface area (Å²) in [6, 6.07) is 13.7. The van der Waals surface area contributed by atoms with Crippen LogP contribution in [0.25, 0.3) is 0 Å². The molecular formula is C15H15N3O. The number of ether oxygens (including phenoxy) is 1. The highest BCUT2D eigenvalue weighted by Gasteiger charge is 2.31. The molecule has 96 valence electrons. The second-order valence-corrected chi connectivity index (χ2v) is 4.24. The summed E-state index contributed by atoms with van der Waals surface area (Å²) in [5.41, 5.74) is 0.0684. The molecule has 0 aliphatic rings. The summed E-state index contributed by atoms with van der Waals surface area (Å²) >= 11 is 0. The molecule has 0 unspecified atom stereocenters. The lowest BCUT2D eigenvalue weighted by atomic mass is 9.74. The van der Waals surface area contributed by atoms with E-state index in [1.54, 1.807) is 19.2 Å². The van der Waals surface area contributed by atoms with E-state index < -0.39 is 5.41 Å². The van der Waals surface area contributed by atoms with Gasteiger partial charge in [0.05, 0.1) is 30.7 Å². The van der Waals surface area contributed by atoms with Gasteiger partial charge in [-0.15, -0.1) is 0 Å². The summed E-state index contributed by atoms with van der Waals surface area (Å²) in [6.45, 7) is 0. The summed E-state index contributed by atoms with van der Waals surface area (Å²) in [4.78, 5) is 0. The standard InChI is InChI=1S/C15H15N3O/c1-19-14-6-4-13(5-7-14)15(12-18,8-2-10-16)9-3-11-17/h4-7H,2-3,8-9H2,1H3. The van der Waals surface area contributed by atoms with Crippen molar-refractivity contribution in [1.29, 1.82) is 15.8 Å². The third-order valence-corrected chi connectivity index (χ3v) is 3.18. The molecule has 4 heteroatoms. The lowest BCUT2D eigenvalue weighted by Gasteiger charge is -2.25. The minimum absolute atomic E-state index is 0.297. The summed E-state index contributed by atoms with van der Waals surface area (Å²) in [5, 5.41) is 27.0. The van der Waals surface area contributed by atoms with Gasteiger partial charge in [-0.05, 0) is 30.5 Å². The molecule has 4 nitrogen and oxygen atoms in total. The zero-order chi connectivity index (χ0) is 14.1. The zero-order valence-corrected chi connectivity index (χ0v) is 10.9. The lowest BCUT2D eigenvalue weighted by molar-refractivity contribution is 0.413. The van der Waals surface area contributed by atoms with Gasteiger partial charge < -0.3 is 4.74 Å². The fraction of sp³-hybridized carbons (Fsp3) is 0.400. The molecule has 0 amide bonds. The Morgan fingerprint density at radius 3 is 1.89 bits per heavy atom. The quantitative estimate of drug-likeness (QED) is 0.780. The highest BCUT2D eigenvalue weighted by Crippen LogP contribution is 2.34. The first kappa shape index (κ1) is 14.6. The van der Waals surface area contributed by atoms with Crippen molar-refractivity contribution in [3.63, 3.8) is 0 Å². The number of methoxy groups -OCH3 is 1. The van der Waals surface area contributed by atoms with Crippen molar-refractivity contribution in [2.75, 3.05) is 7.11 Å². The topological polar surface area (TPSA) is 80.6 Å². The molecule has 0 aromatic heterocycles. The SMILES string of the molecule is COc1ccc(C(C#N)(CCC#N)CCC#N)cc1. The van der Waals surface area contributed by atoms with Gasteiger partial charge in [-0.1, -0.05) is 12.1 Å². The Hall–Kier alpha value is -2.51. The van der Waals surface area contributed by atoms with E-state index in [1.165, 1.54) is 0 Å². The van der Waals surface area contributed by atoms with Crippen LogP contribution in [0.3, 0.4) is 0 Å². The van der Waals surface area contributed by atoms with Gasteiger partial charge in [-0.2, -0.15) is 15.8 Å². The first-order valence-electron chi connectivity index (χ1n) is 6.02. The fourth-order valence-electron chi connectivity index (χ4n) is 2.04. The normalized spacial score (nSPS) is 10.0. The van der Waals surface area contributed by atoms with E-state index >= 15 is 0 Å². The highest BCUT2D eigenvalue weighted by atomic mass is 16.5. The Morgan fingerprint density at radius 1 is 1.00 bits per heavy atom. The Bertz CT molecular complexity index is 510. The molecule has 0 aliphatic carbocycles. The van der Waals surface area contributed by atoms with Crippen LogP contribution < -0.4 is 4.74 Å². The largest absolute Gasteiger partial charge is 0.497 e. The smallest absolute Gasteiger partial charge is 0.118 e. The average Bonchev–Trinajstić information content (AvgIpc) is 2.48. The number of rotatable bonds is 6. The van der Waals surface area contributed by atoms with Gasteiger partial charge in [0.25, 0.3) is 0 Å². The van der Waals surface area contributed by atoms with Gasteiger partial charge >= 0.3 is 0 Å². The van der Waals surface area contributed by atoms with Crippen LogP contribution in [0.1, 0.15) is 31.2 Å². The van der Waals surface area contributed by atoms with E-state index in [2.05, 4.69) is 18.2 Å². The van der Waals surface area contributed by atoms with Gasteiger partial charge in [-0.25, -0.2) is 0 Å². The van der Waals surface area contributed by atoms with Gasteiger partial charge in [0.1, 0.15) is 5.75 Å². The van der Waals surface area contributed by atoms with Crippen molar-refractivity contribution in [3.05, 3.63) is 29.8 Å². The fourth-order valence-corrected chi connectivity index (χ4v) is 2.04. The second kappa shape index (κ2) is 7.04. The summed E-state index contributed by atoms with van der Waals surface area (Å²) < 4.78 is 5.09. The minimum atomic E-state index is -0.766. The van der Waals surface area contributed by atoms with Crippen LogP contribution in [0, 0.1) is 34.0 Å². The van der Waals surface area contributed by atoms with Gasteiger partial charge in [-0.3, -0.25) is 0 Å². The van der Waals surface area contributed by atoms with E-state index in [1.807, 2.05) is 12.1 Å². The van der Waals surface area contributed by atoms with Crippen molar-refractivity contribution >= 4 is 0 Å². The van der Waals surface area contributed by atoms with Crippen LogP contribution >= 0.6 is 0 Å². The number of nitrogens with zero attached hydrogens (tertiary/aromatic N) is 3. The van der Waals surface area contributed by atoms with Crippen LogP contribution in [-0.2, 0) is 5.41 Å². The predicted molar refractivity (Wildman–Crippen MR) is 70.0 cm³/mol. The summed E-state index contributed by atoms with van der Waals surface area (Å²) in [6.07, 6.45) is 1.47. The Labute approximate surface area is 113 Å². The van der Waals surface area contributed by atoms with E-state index in [0.29, 0.717) is 25.7 Å². The molecular weight excluding hydrogens is 238 g/mol. The van der Waals surface area contributed by atoms with Crippen LogP contribution in [0.5, 0.6) is 5.75 Å². The van der Waals surface area contributed by atoms with E-state index in [-0.39, 0.29) is 0 Å². The molecule has 0 heterocycles. The molecule has 1 aromatic rings. The van der Waals surface area contributed by atoms with Crippen molar-refractivity contribution in [2.45, 2.75) is 31.1 Å². The molecule has 0 saturated heterocycles. The molecule has 1 rings (SSSR count). The van der Waals surface area contributed by atoms with E-state index in [0.717, 1.165) is 11.3 Å². The Kier molecular flexibility index (Phi) is 5.39. The molecule has 1 aromatic carbocycles. The van der Waals surface area contributed by atoms with E-state index in [4.69, 9.17) is 15.3 Å².